The highest BCUT2D eigenvalue weighted by Gasteiger charge is 2.10. The van der Waals surface area contributed by atoms with E-state index in [2.05, 4.69) is 23.2 Å². The Hall–Kier alpha value is -0.970. The van der Waals surface area contributed by atoms with Gasteiger partial charge in [-0.2, -0.15) is 0 Å². The first-order chi connectivity index (χ1) is 7.99. The molecule has 1 aromatic carbocycles. The van der Waals surface area contributed by atoms with Crippen LogP contribution >= 0.6 is 7.82 Å². The van der Waals surface area contributed by atoms with Crippen molar-refractivity contribution in [1.29, 1.82) is 0 Å². The maximum Gasteiger partial charge on any atom is 0.469 e. The van der Waals surface area contributed by atoms with Crippen LogP contribution in [-0.4, -0.2) is 22.9 Å². The third kappa shape index (κ3) is 11.3. The van der Waals surface area contributed by atoms with E-state index in [1.807, 2.05) is 18.2 Å². The molecule has 6 heteroatoms. The van der Waals surface area contributed by atoms with E-state index >= 15 is 0 Å². The molecule has 0 amide bonds. The molecule has 96 valence electrons. The Kier molecular flexibility index (Phi) is 8.58. The summed E-state index contributed by atoms with van der Waals surface area (Å²) in [5.74, 6) is 0. The summed E-state index contributed by atoms with van der Waals surface area (Å²) in [7, 11) is -4.25. The van der Waals surface area contributed by atoms with Crippen LogP contribution in [0.1, 0.15) is 5.56 Å². The van der Waals surface area contributed by atoms with Crippen molar-refractivity contribution < 1.29 is 18.9 Å². The molecule has 0 saturated heterocycles. The largest absolute Gasteiger partial charge is 0.469 e. The van der Waals surface area contributed by atoms with Gasteiger partial charge in [-0.15, -0.1) is 6.58 Å². The van der Waals surface area contributed by atoms with Crippen LogP contribution in [0, 0.1) is 0 Å². The van der Waals surface area contributed by atoms with Crippen LogP contribution < -0.4 is 5.73 Å². The van der Waals surface area contributed by atoms with Crippen molar-refractivity contribution in [3.63, 3.8) is 0 Å². The number of hydrogen-bond donors (Lipinski definition) is 3. The van der Waals surface area contributed by atoms with E-state index in [9.17, 15) is 4.57 Å². The van der Waals surface area contributed by atoms with Crippen molar-refractivity contribution in [2.45, 2.75) is 6.42 Å². The molecule has 0 aliphatic carbocycles. The minimum Gasteiger partial charge on any atom is -0.330 e. The molecule has 0 aliphatic heterocycles. The van der Waals surface area contributed by atoms with Crippen molar-refractivity contribution in [3.8, 4) is 0 Å². The Labute approximate surface area is 101 Å². The lowest BCUT2D eigenvalue weighted by Gasteiger charge is -1.98. The summed E-state index contributed by atoms with van der Waals surface area (Å²) in [5, 5.41) is 0. The van der Waals surface area contributed by atoms with Gasteiger partial charge in [-0.1, -0.05) is 36.4 Å². The summed E-state index contributed by atoms with van der Waals surface area (Å²) < 4.78 is 13.7. The number of benzene rings is 1. The van der Waals surface area contributed by atoms with E-state index in [-0.39, 0.29) is 6.61 Å². The van der Waals surface area contributed by atoms with Crippen molar-refractivity contribution >= 4 is 7.82 Å². The quantitative estimate of drug-likeness (QED) is 0.550. The monoisotopic (exact) mass is 259 g/mol. The Balaban J connectivity index is 0.000000304. The van der Waals surface area contributed by atoms with Crippen LogP contribution in [0.3, 0.4) is 0 Å². The molecule has 0 unspecified atom stereocenters. The van der Waals surface area contributed by atoms with Gasteiger partial charge in [0.05, 0.1) is 6.61 Å². The van der Waals surface area contributed by atoms with E-state index in [4.69, 9.17) is 15.5 Å². The zero-order valence-electron chi connectivity index (χ0n) is 9.53. The first-order valence-electron chi connectivity index (χ1n) is 5.04. The molecule has 1 aromatic rings. The molecular weight excluding hydrogens is 241 g/mol. The predicted octanol–water partition coefficient (Wildman–Crippen LogP) is 1.47. The van der Waals surface area contributed by atoms with E-state index in [0.717, 1.165) is 13.0 Å². The molecule has 0 radical (unpaired) electrons. The van der Waals surface area contributed by atoms with E-state index in [0.29, 0.717) is 0 Å². The fourth-order valence-electron chi connectivity index (χ4n) is 0.961. The van der Waals surface area contributed by atoms with Crippen molar-refractivity contribution in [2.75, 3.05) is 13.2 Å². The molecular formula is C11H18NO4P. The minimum atomic E-state index is -4.25. The highest BCUT2D eigenvalue weighted by Crippen LogP contribution is 2.35. The molecule has 4 N–H and O–H groups in total. The van der Waals surface area contributed by atoms with Crippen molar-refractivity contribution in [1.82, 2.24) is 0 Å². The molecule has 0 spiro atoms. The lowest BCUT2D eigenvalue weighted by Crippen LogP contribution is -2.01. The van der Waals surface area contributed by atoms with Gasteiger partial charge < -0.3 is 15.5 Å². The molecule has 0 bridgehead atoms. The van der Waals surface area contributed by atoms with Crippen LogP contribution in [0.2, 0.25) is 0 Å². The predicted molar refractivity (Wildman–Crippen MR) is 67.4 cm³/mol. The van der Waals surface area contributed by atoms with Crippen LogP contribution in [0.15, 0.2) is 43.0 Å². The summed E-state index contributed by atoms with van der Waals surface area (Å²) in [4.78, 5) is 16.0. The Morgan fingerprint density at radius 3 is 2.29 bits per heavy atom. The van der Waals surface area contributed by atoms with E-state index in [1.54, 1.807) is 0 Å². The van der Waals surface area contributed by atoms with Crippen LogP contribution in [0.5, 0.6) is 0 Å². The van der Waals surface area contributed by atoms with Gasteiger partial charge in [0.25, 0.3) is 0 Å². The molecule has 0 saturated carbocycles. The zero-order chi connectivity index (χ0) is 13.1. The van der Waals surface area contributed by atoms with Gasteiger partial charge in [-0.25, -0.2) is 4.57 Å². The lowest BCUT2D eigenvalue weighted by molar-refractivity contribution is 0.216. The third-order valence-corrected chi connectivity index (χ3v) is 2.12. The second-order valence-electron chi connectivity index (χ2n) is 3.10. The number of rotatable bonds is 5. The highest BCUT2D eigenvalue weighted by atomic mass is 31.2. The van der Waals surface area contributed by atoms with Gasteiger partial charge in [-0.05, 0) is 18.5 Å². The average molecular weight is 259 g/mol. The lowest BCUT2D eigenvalue weighted by atomic mass is 10.2. The Morgan fingerprint density at radius 1 is 1.35 bits per heavy atom. The molecule has 0 fully saturated rings. The Bertz CT molecular complexity index is 350. The topological polar surface area (TPSA) is 92.8 Å². The Morgan fingerprint density at radius 2 is 1.94 bits per heavy atom. The second-order valence-corrected chi connectivity index (χ2v) is 4.34. The number of phosphoric acid groups is 1. The van der Waals surface area contributed by atoms with Crippen LogP contribution in [-0.2, 0) is 15.5 Å². The molecule has 17 heavy (non-hydrogen) atoms. The molecule has 5 nitrogen and oxygen atoms in total. The summed E-state index contributed by atoms with van der Waals surface area (Å²) in [6.07, 6.45) is 2.25. The van der Waals surface area contributed by atoms with Gasteiger partial charge >= 0.3 is 7.82 Å². The maximum atomic E-state index is 9.81. The molecule has 0 aromatic heterocycles. The first kappa shape index (κ1) is 16.0. The van der Waals surface area contributed by atoms with Gasteiger partial charge in [0.15, 0.2) is 0 Å². The molecule has 0 heterocycles. The van der Waals surface area contributed by atoms with Crippen LogP contribution in [0.25, 0.3) is 0 Å². The standard InChI is InChI=1S/C8H11N.C3H7O4P/c9-7-6-8-4-2-1-3-5-8;1-2-3-7-8(4,5)6/h1-5H,6-7,9H2;2H,1,3H2,(H2,4,5,6). The SMILES string of the molecule is C=CCOP(=O)(O)O.NCCc1ccccc1. The summed E-state index contributed by atoms with van der Waals surface area (Å²) in [5.41, 5.74) is 6.68. The summed E-state index contributed by atoms with van der Waals surface area (Å²) in [6, 6.07) is 10.3. The average Bonchev–Trinajstić information content (AvgIpc) is 2.28. The molecule has 0 aliphatic rings. The van der Waals surface area contributed by atoms with Gasteiger partial charge in [-0.3, -0.25) is 4.52 Å². The minimum absolute atomic E-state index is 0.121. The highest BCUT2D eigenvalue weighted by molar-refractivity contribution is 7.46. The molecule has 0 atom stereocenters. The summed E-state index contributed by atoms with van der Waals surface area (Å²) in [6.45, 7) is 3.81. The first-order valence-corrected chi connectivity index (χ1v) is 6.57. The van der Waals surface area contributed by atoms with Crippen molar-refractivity contribution in [3.05, 3.63) is 48.6 Å². The zero-order valence-corrected chi connectivity index (χ0v) is 10.4. The van der Waals surface area contributed by atoms with Gasteiger partial charge in [0, 0.05) is 0 Å². The summed E-state index contributed by atoms with van der Waals surface area (Å²) >= 11 is 0. The number of nitrogens with two attached hydrogens (primary N) is 1. The third-order valence-electron chi connectivity index (χ3n) is 1.64. The fourth-order valence-corrected chi connectivity index (χ4v) is 1.26. The van der Waals surface area contributed by atoms with Gasteiger partial charge in [0.2, 0.25) is 0 Å². The van der Waals surface area contributed by atoms with E-state index in [1.165, 1.54) is 11.6 Å². The van der Waals surface area contributed by atoms with Crippen molar-refractivity contribution in [2.24, 2.45) is 5.73 Å². The maximum absolute atomic E-state index is 9.81. The number of hydrogen-bond acceptors (Lipinski definition) is 3. The second kappa shape index (κ2) is 9.10. The van der Waals surface area contributed by atoms with Gasteiger partial charge in [0.1, 0.15) is 0 Å². The normalized spacial score (nSPS) is 10.3. The molecule has 1 rings (SSSR count). The smallest absolute Gasteiger partial charge is 0.330 e. The fraction of sp³-hybridized carbons (Fsp3) is 0.273. The van der Waals surface area contributed by atoms with E-state index < -0.39 is 7.82 Å². The number of phosphoric ester groups is 1. The van der Waals surface area contributed by atoms with Crippen LogP contribution in [0.4, 0.5) is 0 Å².